The van der Waals surface area contributed by atoms with Gasteiger partial charge in [-0.1, -0.05) is 108 Å². The minimum atomic E-state index is 0.732. The number of halogens is 3. The Kier molecular flexibility index (Phi) is 7.62. The zero-order valence-electron chi connectivity index (χ0n) is 21.4. The van der Waals surface area contributed by atoms with E-state index >= 15 is 0 Å². The van der Waals surface area contributed by atoms with E-state index in [0.717, 1.165) is 65.5 Å². The Morgan fingerprint density at radius 1 is 0.250 bits per heavy atom. The van der Waals surface area contributed by atoms with Crippen LogP contribution in [-0.4, -0.2) is 0 Å². The lowest BCUT2D eigenvalue weighted by atomic mass is 10.0. The Morgan fingerprint density at radius 3 is 0.625 bits per heavy atom. The fraction of sp³-hybridized carbons (Fsp3) is 0. The molecule has 0 saturated heterocycles. The molecule has 194 valence electrons. The molecule has 0 atom stereocenters. The standard InChI is InChI=1S/C36H24Cl3N/c37-31-13-1-25(2-14-31)28-7-19-34(20-8-28)40(35-21-9-29(10-22-35)26-3-15-32(38)16-4-26)36-23-11-30(12-24-36)27-5-17-33(39)18-6-27/h1-24H. The molecule has 0 N–H and O–H groups in total. The molecular weight excluding hydrogens is 553 g/mol. The van der Waals surface area contributed by atoms with Crippen molar-refractivity contribution in [1.29, 1.82) is 0 Å². The first-order valence-electron chi connectivity index (χ1n) is 12.9. The molecule has 0 heterocycles. The lowest BCUT2D eigenvalue weighted by Crippen LogP contribution is -2.09. The van der Waals surface area contributed by atoms with Crippen LogP contribution in [0.3, 0.4) is 0 Å². The normalized spacial score (nSPS) is 10.9. The molecule has 0 saturated carbocycles. The van der Waals surface area contributed by atoms with E-state index in [9.17, 15) is 0 Å². The topological polar surface area (TPSA) is 3.24 Å². The second kappa shape index (κ2) is 11.6. The SMILES string of the molecule is Clc1ccc(-c2ccc(N(c3ccc(-c4ccc(Cl)cc4)cc3)c3ccc(-c4ccc(Cl)cc4)cc3)cc2)cc1. The third-order valence-electron chi connectivity index (χ3n) is 6.91. The zero-order chi connectivity index (χ0) is 27.5. The molecule has 6 aromatic rings. The van der Waals surface area contributed by atoms with Gasteiger partial charge in [0.2, 0.25) is 0 Å². The van der Waals surface area contributed by atoms with Gasteiger partial charge in [0.25, 0.3) is 0 Å². The van der Waals surface area contributed by atoms with E-state index in [1.165, 1.54) is 0 Å². The molecule has 0 aliphatic carbocycles. The minimum absolute atomic E-state index is 0.732. The van der Waals surface area contributed by atoms with Crippen molar-refractivity contribution in [2.75, 3.05) is 4.90 Å². The van der Waals surface area contributed by atoms with Crippen LogP contribution in [0.5, 0.6) is 0 Å². The van der Waals surface area contributed by atoms with Crippen LogP contribution in [0, 0.1) is 0 Å². The van der Waals surface area contributed by atoms with Gasteiger partial charge >= 0.3 is 0 Å². The summed E-state index contributed by atoms with van der Waals surface area (Å²) < 4.78 is 0. The number of benzene rings is 6. The van der Waals surface area contributed by atoms with E-state index in [4.69, 9.17) is 34.8 Å². The predicted octanol–water partition coefficient (Wildman–Crippen LogP) is 12.1. The van der Waals surface area contributed by atoms with Crippen molar-refractivity contribution < 1.29 is 0 Å². The Balaban J connectivity index is 1.37. The summed E-state index contributed by atoms with van der Waals surface area (Å²) in [6, 6.07) is 49.6. The van der Waals surface area contributed by atoms with Gasteiger partial charge in [-0.3, -0.25) is 0 Å². The zero-order valence-corrected chi connectivity index (χ0v) is 23.7. The van der Waals surface area contributed by atoms with E-state index in [1.807, 2.05) is 72.8 Å². The van der Waals surface area contributed by atoms with Crippen LogP contribution in [0.25, 0.3) is 33.4 Å². The molecule has 0 aliphatic rings. The van der Waals surface area contributed by atoms with Crippen molar-refractivity contribution in [1.82, 2.24) is 0 Å². The smallest absolute Gasteiger partial charge is 0.0462 e. The molecule has 0 amide bonds. The van der Waals surface area contributed by atoms with Gasteiger partial charge in [0.05, 0.1) is 0 Å². The Morgan fingerprint density at radius 2 is 0.425 bits per heavy atom. The van der Waals surface area contributed by atoms with Crippen molar-refractivity contribution in [2.45, 2.75) is 0 Å². The number of hydrogen-bond acceptors (Lipinski definition) is 1. The summed E-state index contributed by atoms with van der Waals surface area (Å²) in [5.41, 5.74) is 9.99. The highest BCUT2D eigenvalue weighted by atomic mass is 35.5. The molecule has 0 fully saturated rings. The Labute approximate surface area is 249 Å². The predicted molar refractivity (Wildman–Crippen MR) is 172 cm³/mol. The summed E-state index contributed by atoms with van der Waals surface area (Å²) in [7, 11) is 0. The summed E-state index contributed by atoms with van der Waals surface area (Å²) in [5.74, 6) is 0. The second-order valence-corrected chi connectivity index (χ2v) is 10.8. The minimum Gasteiger partial charge on any atom is -0.311 e. The Hall–Kier alpha value is -4.01. The third-order valence-corrected chi connectivity index (χ3v) is 7.67. The van der Waals surface area contributed by atoms with Gasteiger partial charge < -0.3 is 4.90 Å². The van der Waals surface area contributed by atoms with Crippen LogP contribution < -0.4 is 4.90 Å². The molecule has 0 spiro atoms. The molecule has 4 heteroatoms. The van der Waals surface area contributed by atoms with Gasteiger partial charge in [0.15, 0.2) is 0 Å². The van der Waals surface area contributed by atoms with E-state index in [2.05, 4.69) is 77.7 Å². The van der Waals surface area contributed by atoms with Gasteiger partial charge in [0.1, 0.15) is 0 Å². The molecule has 0 unspecified atom stereocenters. The van der Waals surface area contributed by atoms with E-state index in [1.54, 1.807) is 0 Å². The van der Waals surface area contributed by atoms with Crippen molar-refractivity contribution in [2.24, 2.45) is 0 Å². The average molecular weight is 577 g/mol. The van der Waals surface area contributed by atoms with Gasteiger partial charge in [-0.2, -0.15) is 0 Å². The van der Waals surface area contributed by atoms with Crippen LogP contribution in [0.15, 0.2) is 146 Å². The van der Waals surface area contributed by atoms with Crippen molar-refractivity contribution >= 4 is 51.9 Å². The number of nitrogens with zero attached hydrogens (tertiary/aromatic N) is 1. The molecule has 1 nitrogen and oxygen atoms in total. The molecule has 0 aliphatic heterocycles. The number of rotatable bonds is 6. The maximum absolute atomic E-state index is 6.10. The van der Waals surface area contributed by atoms with Crippen molar-refractivity contribution in [3.8, 4) is 33.4 Å². The van der Waals surface area contributed by atoms with Gasteiger partial charge in [0, 0.05) is 32.1 Å². The number of anilines is 3. The quantitative estimate of drug-likeness (QED) is 0.191. The van der Waals surface area contributed by atoms with Crippen LogP contribution >= 0.6 is 34.8 Å². The monoisotopic (exact) mass is 575 g/mol. The summed E-state index contributed by atoms with van der Waals surface area (Å²) in [4.78, 5) is 2.27. The van der Waals surface area contributed by atoms with Crippen molar-refractivity contribution in [3.63, 3.8) is 0 Å². The van der Waals surface area contributed by atoms with E-state index in [-0.39, 0.29) is 0 Å². The van der Waals surface area contributed by atoms with Gasteiger partial charge in [-0.15, -0.1) is 0 Å². The van der Waals surface area contributed by atoms with Crippen LogP contribution in [0.4, 0.5) is 17.1 Å². The maximum Gasteiger partial charge on any atom is 0.0462 e. The molecule has 0 radical (unpaired) electrons. The molecule has 40 heavy (non-hydrogen) atoms. The first-order chi connectivity index (χ1) is 19.5. The average Bonchev–Trinajstić information content (AvgIpc) is 3.00. The summed E-state index contributed by atoms with van der Waals surface area (Å²) in [6.45, 7) is 0. The maximum atomic E-state index is 6.10. The van der Waals surface area contributed by atoms with Crippen LogP contribution in [-0.2, 0) is 0 Å². The first-order valence-corrected chi connectivity index (χ1v) is 14.0. The van der Waals surface area contributed by atoms with E-state index < -0.39 is 0 Å². The molecule has 6 aromatic carbocycles. The highest BCUT2D eigenvalue weighted by molar-refractivity contribution is 6.31. The molecule has 6 rings (SSSR count). The molecule has 0 bridgehead atoms. The lowest BCUT2D eigenvalue weighted by molar-refractivity contribution is 1.28. The summed E-state index contributed by atoms with van der Waals surface area (Å²) >= 11 is 18.3. The Bertz CT molecular complexity index is 1500. The highest BCUT2D eigenvalue weighted by Crippen LogP contribution is 2.38. The highest BCUT2D eigenvalue weighted by Gasteiger charge is 2.14. The van der Waals surface area contributed by atoms with E-state index in [0.29, 0.717) is 0 Å². The lowest BCUT2D eigenvalue weighted by Gasteiger charge is -2.26. The fourth-order valence-corrected chi connectivity index (χ4v) is 5.16. The van der Waals surface area contributed by atoms with Gasteiger partial charge in [-0.25, -0.2) is 0 Å². The summed E-state index contributed by atoms with van der Waals surface area (Å²) in [6.07, 6.45) is 0. The first kappa shape index (κ1) is 26.2. The van der Waals surface area contributed by atoms with Gasteiger partial charge in [-0.05, 0) is 106 Å². The second-order valence-electron chi connectivity index (χ2n) is 9.50. The van der Waals surface area contributed by atoms with Crippen molar-refractivity contribution in [3.05, 3.63) is 161 Å². The number of hydrogen-bond donors (Lipinski definition) is 0. The fourth-order valence-electron chi connectivity index (χ4n) is 4.78. The largest absolute Gasteiger partial charge is 0.311 e. The summed E-state index contributed by atoms with van der Waals surface area (Å²) in [5, 5.41) is 2.20. The van der Waals surface area contributed by atoms with Crippen LogP contribution in [0.2, 0.25) is 15.1 Å². The molecular formula is C36H24Cl3N. The van der Waals surface area contributed by atoms with Crippen LogP contribution in [0.1, 0.15) is 0 Å². The third kappa shape index (κ3) is 5.78. The molecule has 0 aromatic heterocycles.